The van der Waals surface area contributed by atoms with E-state index < -0.39 is 0 Å². The van der Waals surface area contributed by atoms with E-state index >= 15 is 0 Å². The number of hydrogen-bond donors (Lipinski definition) is 1. The van der Waals surface area contributed by atoms with Gasteiger partial charge in [0, 0.05) is 39.2 Å². The number of rotatable bonds is 1. The third kappa shape index (κ3) is 2.44. The molecule has 1 aromatic rings. The van der Waals surface area contributed by atoms with E-state index in [1.807, 2.05) is 11.0 Å². The van der Waals surface area contributed by atoms with Gasteiger partial charge in [0.2, 0.25) is 5.91 Å². The number of hydrogen-bond acceptors (Lipinski definition) is 5. The zero-order valence-corrected chi connectivity index (χ0v) is 10.2. The summed E-state index contributed by atoms with van der Waals surface area (Å²) in [6.07, 6.45) is 0.997. The molecule has 1 aliphatic heterocycles. The van der Waals surface area contributed by atoms with Crippen LogP contribution in [0.5, 0.6) is 0 Å². The van der Waals surface area contributed by atoms with Crippen molar-refractivity contribution in [3.05, 3.63) is 6.07 Å². The van der Waals surface area contributed by atoms with E-state index in [9.17, 15) is 4.79 Å². The van der Waals surface area contributed by atoms with Gasteiger partial charge < -0.3 is 15.5 Å². The molecule has 0 bridgehead atoms. The maximum atomic E-state index is 11.3. The quantitative estimate of drug-likeness (QED) is 0.788. The van der Waals surface area contributed by atoms with Crippen LogP contribution in [0.25, 0.3) is 0 Å². The third-order valence-electron chi connectivity index (χ3n) is 2.77. The van der Waals surface area contributed by atoms with Gasteiger partial charge in [-0.1, -0.05) is 0 Å². The predicted octanol–water partition coefficient (Wildman–Crippen LogP) is 0.784. The number of amides is 1. The van der Waals surface area contributed by atoms with E-state index in [1.54, 1.807) is 6.92 Å². The average molecular weight is 240 g/mol. The molecule has 0 aliphatic carbocycles. The van der Waals surface area contributed by atoms with Gasteiger partial charge in [0.15, 0.2) is 0 Å². The van der Waals surface area contributed by atoms with Crippen LogP contribution in [0.2, 0.25) is 0 Å². The first kappa shape index (κ1) is 11.2. The molecular formula is C10H16N4OS. The van der Waals surface area contributed by atoms with Crippen LogP contribution in [0.15, 0.2) is 6.07 Å². The number of nitrogen functional groups attached to an aromatic ring is 1. The van der Waals surface area contributed by atoms with Crippen molar-refractivity contribution in [2.75, 3.05) is 36.8 Å². The van der Waals surface area contributed by atoms with Gasteiger partial charge in [-0.3, -0.25) is 4.79 Å². The van der Waals surface area contributed by atoms with Crippen LogP contribution in [0.1, 0.15) is 13.3 Å². The molecule has 2 N–H and O–H groups in total. The fourth-order valence-corrected chi connectivity index (χ4v) is 2.60. The lowest BCUT2D eigenvalue weighted by Crippen LogP contribution is -2.33. The van der Waals surface area contributed by atoms with Crippen LogP contribution in [-0.2, 0) is 4.79 Å². The fraction of sp³-hybridized carbons (Fsp3) is 0.600. The minimum atomic E-state index is 0.158. The summed E-state index contributed by atoms with van der Waals surface area (Å²) in [6.45, 7) is 5.08. The summed E-state index contributed by atoms with van der Waals surface area (Å²) in [6, 6.07) is 1.90. The van der Waals surface area contributed by atoms with Crippen LogP contribution in [-0.4, -0.2) is 41.4 Å². The molecule has 0 aromatic carbocycles. The summed E-state index contributed by atoms with van der Waals surface area (Å²) in [5.41, 5.74) is 5.61. The second-order valence-electron chi connectivity index (χ2n) is 3.94. The standard InChI is InChI=1S/C10H16N4OS/c1-8(15)13-3-2-4-14(6-5-13)10-7-9(11)12-16-10/h7H,2-6H2,1H3,(H2,11,12). The zero-order valence-electron chi connectivity index (χ0n) is 9.35. The fourth-order valence-electron chi connectivity index (χ4n) is 1.88. The first-order chi connectivity index (χ1) is 7.66. The highest BCUT2D eigenvalue weighted by Gasteiger charge is 2.17. The Kier molecular flexibility index (Phi) is 3.28. The van der Waals surface area contributed by atoms with Gasteiger partial charge in [-0.2, -0.15) is 4.37 Å². The van der Waals surface area contributed by atoms with Gasteiger partial charge in [0.25, 0.3) is 0 Å². The van der Waals surface area contributed by atoms with Crippen LogP contribution in [0.3, 0.4) is 0 Å². The second-order valence-corrected chi connectivity index (χ2v) is 4.72. The lowest BCUT2D eigenvalue weighted by Gasteiger charge is -2.20. The molecule has 2 rings (SSSR count). The van der Waals surface area contributed by atoms with Crippen molar-refractivity contribution in [1.29, 1.82) is 0 Å². The van der Waals surface area contributed by atoms with Crippen molar-refractivity contribution in [2.24, 2.45) is 0 Å². The molecule has 0 radical (unpaired) electrons. The molecule has 0 unspecified atom stereocenters. The molecule has 2 heterocycles. The van der Waals surface area contributed by atoms with E-state index in [1.165, 1.54) is 11.5 Å². The molecule has 1 saturated heterocycles. The van der Waals surface area contributed by atoms with Gasteiger partial charge in [0.1, 0.15) is 10.8 Å². The Morgan fingerprint density at radius 3 is 2.88 bits per heavy atom. The number of aromatic nitrogens is 1. The van der Waals surface area contributed by atoms with Gasteiger partial charge in [-0.25, -0.2) is 0 Å². The van der Waals surface area contributed by atoms with Crippen LogP contribution < -0.4 is 10.6 Å². The van der Waals surface area contributed by atoms with Gasteiger partial charge in [0.05, 0.1) is 0 Å². The second kappa shape index (κ2) is 4.69. The number of carbonyl (C=O) groups is 1. The highest BCUT2D eigenvalue weighted by molar-refractivity contribution is 7.10. The highest BCUT2D eigenvalue weighted by Crippen LogP contribution is 2.23. The Morgan fingerprint density at radius 1 is 1.44 bits per heavy atom. The Bertz CT molecular complexity index is 379. The number of nitrogens with two attached hydrogens (primary N) is 1. The third-order valence-corrected chi connectivity index (χ3v) is 3.63. The zero-order chi connectivity index (χ0) is 11.5. The van der Waals surface area contributed by atoms with Crippen LogP contribution in [0.4, 0.5) is 10.8 Å². The minimum absolute atomic E-state index is 0.158. The van der Waals surface area contributed by atoms with Crippen molar-refractivity contribution < 1.29 is 4.79 Å². The summed E-state index contributed by atoms with van der Waals surface area (Å²) in [5, 5.41) is 1.10. The van der Waals surface area contributed by atoms with Gasteiger partial charge in [-0.05, 0) is 18.0 Å². The average Bonchev–Trinajstić information content (AvgIpc) is 2.54. The maximum Gasteiger partial charge on any atom is 0.219 e. The lowest BCUT2D eigenvalue weighted by atomic mass is 10.4. The van der Waals surface area contributed by atoms with Crippen molar-refractivity contribution >= 4 is 28.3 Å². The summed E-state index contributed by atoms with van der Waals surface area (Å²) in [5.74, 6) is 0.735. The number of anilines is 2. The number of carbonyl (C=O) groups excluding carboxylic acids is 1. The Morgan fingerprint density at radius 2 is 2.25 bits per heavy atom. The molecule has 88 valence electrons. The molecule has 1 amide bonds. The molecule has 16 heavy (non-hydrogen) atoms. The molecule has 1 aliphatic rings. The minimum Gasteiger partial charge on any atom is -0.383 e. The molecule has 0 spiro atoms. The molecule has 0 atom stereocenters. The molecule has 5 nitrogen and oxygen atoms in total. The van der Waals surface area contributed by atoms with E-state index in [4.69, 9.17) is 5.73 Å². The predicted molar refractivity (Wildman–Crippen MR) is 65.6 cm³/mol. The molecule has 1 aromatic heterocycles. The van der Waals surface area contributed by atoms with Crippen LogP contribution >= 0.6 is 11.5 Å². The summed E-state index contributed by atoms with van der Waals surface area (Å²) < 4.78 is 4.07. The Hall–Kier alpha value is -1.30. The van der Waals surface area contributed by atoms with Crippen molar-refractivity contribution in [2.45, 2.75) is 13.3 Å². The number of nitrogens with zero attached hydrogens (tertiary/aromatic N) is 3. The first-order valence-electron chi connectivity index (χ1n) is 5.39. The van der Waals surface area contributed by atoms with E-state index in [0.717, 1.165) is 37.6 Å². The monoisotopic (exact) mass is 240 g/mol. The maximum absolute atomic E-state index is 11.3. The summed E-state index contributed by atoms with van der Waals surface area (Å²) in [4.78, 5) is 15.4. The van der Waals surface area contributed by atoms with E-state index in [0.29, 0.717) is 5.82 Å². The lowest BCUT2D eigenvalue weighted by molar-refractivity contribution is -0.128. The Labute approximate surface area is 99.0 Å². The molecular weight excluding hydrogens is 224 g/mol. The smallest absolute Gasteiger partial charge is 0.219 e. The normalized spacial score (nSPS) is 17.3. The van der Waals surface area contributed by atoms with Crippen molar-refractivity contribution in [1.82, 2.24) is 9.27 Å². The highest BCUT2D eigenvalue weighted by atomic mass is 32.1. The van der Waals surface area contributed by atoms with Crippen molar-refractivity contribution in [3.8, 4) is 0 Å². The molecule has 1 fully saturated rings. The first-order valence-corrected chi connectivity index (χ1v) is 6.17. The van der Waals surface area contributed by atoms with E-state index in [2.05, 4.69) is 9.27 Å². The SMILES string of the molecule is CC(=O)N1CCCN(c2cc(N)ns2)CC1. The van der Waals surface area contributed by atoms with E-state index in [-0.39, 0.29) is 5.91 Å². The van der Waals surface area contributed by atoms with Crippen LogP contribution in [0, 0.1) is 0 Å². The van der Waals surface area contributed by atoms with Gasteiger partial charge in [-0.15, -0.1) is 0 Å². The molecule has 0 saturated carbocycles. The Balaban J connectivity index is 2.01. The molecule has 6 heteroatoms. The largest absolute Gasteiger partial charge is 0.383 e. The topological polar surface area (TPSA) is 62.5 Å². The van der Waals surface area contributed by atoms with Gasteiger partial charge >= 0.3 is 0 Å². The van der Waals surface area contributed by atoms with Crippen molar-refractivity contribution in [3.63, 3.8) is 0 Å². The summed E-state index contributed by atoms with van der Waals surface area (Å²) in [7, 11) is 0. The summed E-state index contributed by atoms with van der Waals surface area (Å²) >= 11 is 1.42.